The second kappa shape index (κ2) is 25.3. The number of carbonyl (C=O) groups excluding carboxylic acids is 6. The van der Waals surface area contributed by atoms with Crippen molar-refractivity contribution in [2.45, 2.75) is 91.1 Å². The summed E-state index contributed by atoms with van der Waals surface area (Å²) < 4.78 is 11.2. The zero-order valence-corrected chi connectivity index (χ0v) is 41.1. The number of aromatic hydroxyl groups is 1. The number of nitrogens with one attached hydrogen (secondary N) is 6. The summed E-state index contributed by atoms with van der Waals surface area (Å²) in [7, 11) is 0. The molecule has 6 rings (SSSR count). The van der Waals surface area contributed by atoms with Crippen LogP contribution in [-0.2, 0) is 24.0 Å². The van der Waals surface area contributed by atoms with Crippen LogP contribution in [0.15, 0.2) is 97.3 Å². The minimum Gasteiger partial charge on any atom is -0.508 e. The van der Waals surface area contributed by atoms with E-state index in [4.69, 9.17) is 8.83 Å². The molecule has 19 nitrogen and oxygen atoms in total. The summed E-state index contributed by atoms with van der Waals surface area (Å²) in [6.45, 7) is 7.00. The molecule has 3 aromatic carbocycles. The fraction of sp³-hybridized carbons (Fsp3) is 0.352. The van der Waals surface area contributed by atoms with Crippen molar-refractivity contribution >= 4 is 68.9 Å². The van der Waals surface area contributed by atoms with Crippen molar-refractivity contribution in [1.82, 2.24) is 26.6 Å². The van der Waals surface area contributed by atoms with E-state index in [2.05, 4.69) is 31.9 Å². The largest absolute Gasteiger partial charge is 0.508 e. The second-order valence-corrected chi connectivity index (χ2v) is 18.3. The van der Waals surface area contributed by atoms with Gasteiger partial charge in [0, 0.05) is 83.8 Å². The maximum Gasteiger partial charge on any atom is 0.336 e. The Bertz CT molecular complexity index is 3120. The molecule has 1 aliphatic carbocycles. The van der Waals surface area contributed by atoms with Gasteiger partial charge >= 0.3 is 11.6 Å². The number of Topliss-reactive ketones (excluding diaryl/α,β-unsaturated/α-hetero) is 1. The van der Waals surface area contributed by atoms with Gasteiger partial charge in [0.2, 0.25) is 23.6 Å². The molecule has 2 unspecified atom stereocenters. The molecule has 0 fully saturated rings. The smallest absolute Gasteiger partial charge is 0.336 e. The van der Waals surface area contributed by atoms with Crippen molar-refractivity contribution in [3.05, 3.63) is 116 Å². The van der Waals surface area contributed by atoms with E-state index in [1.807, 2.05) is 13.8 Å². The second-order valence-electron chi connectivity index (χ2n) is 18.3. The standard InChI is InChI=1S/C54H60N6O13/c1-30(2)22-44(52(68)58-29-37(64)28-57-43(10-7-9-20-55-32(4)61)53(69)59-34-13-17-38-31(3)23-49(66)73-45(38)25-34)60-48(65)11-6-5-8-21-56-51(67)33-12-16-39(42(24-33)54(70)71)50-40-18-14-35(62)26-46(40)72-47-27-36(63)15-19-41(47)50/h12-19,23-27,30,43-44,57,62H,5-11,20-22,28-29H2,1-4H3,(H,55,61)(H,56,67)(H,58,68)(H,59,69)(H,60,65)(H,70,71). The highest BCUT2D eigenvalue weighted by Gasteiger charge is 2.26. The average Bonchev–Trinajstić information content (AvgIpc) is 3.33. The lowest BCUT2D eigenvalue weighted by atomic mass is 9.90. The first kappa shape index (κ1) is 54.1. The number of phenolic OH excluding ortho intramolecular Hbond substituents is 1. The van der Waals surface area contributed by atoms with Gasteiger partial charge in [-0.25, -0.2) is 9.59 Å². The number of anilines is 1. The monoisotopic (exact) mass is 1000 g/mol. The summed E-state index contributed by atoms with van der Waals surface area (Å²) in [5, 5.41) is 38.3. The molecule has 19 heteroatoms. The third kappa shape index (κ3) is 15.2. The van der Waals surface area contributed by atoms with Gasteiger partial charge in [-0.1, -0.05) is 26.3 Å². The van der Waals surface area contributed by atoms with Crippen LogP contribution < -0.4 is 43.0 Å². The quantitative estimate of drug-likeness (QED) is 0.0191. The van der Waals surface area contributed by atoms with Gasteiger partial charge in [-0.2, -0.15) is 0 Å². The summed E-state index contributed by atoms with van der Waals surface area (Å²) in [4.78, 5) is 114. The molecular weight excluding hydrogens is 941 g/mol. The summed E-state index contributed by atoms with van der Waals surface area (Å²) in [6, 6.07) is 17.4. The summed E-state index contributed by atoms with van der Waals surface area (Å²) in [5.74, 6) is -3.60. The minimum absolute atomic E-state index is 0.0185. The van der Waals surface area contributed by atoms with Crippen molar-refractivity contribution in [3.63, 3.8) is 0 Å². The first-order valence-electron chi connectivity index (χ1n) is 24.1. The van der Waals surface area contributed by atoms with Gasteiger partial charge in [0.25, 0.3) is 5.91 Å². The molecule has 4 aromatic rings. The molecule has 0 bridgehead atoms. The summed E-state index contributed by atoms with van der Waals surface area (Å²) >= 11 is 0. The van der Waals surface area contributed by atoms with E-state index in [-0.39, 0.29) is 83.0 Å². The van der Waals surface area contributed by atoms with E-state index < -0.39 is 47.2 Å². The molecule has 1 aromatic heterocycles. The Balaban J connectivity index is 0.962. The molecule has 0 spiro atoms. The topological polar surface area (TPSA) is 293 Å². The predicted molar refractivity (Wildman–Crippen MR) is 274 cm³/mol. The zero-order valence-electron chi connectivity index (χ0n) is 41.1. The van der Waals surface area contributed by atoms with E-state index in [1.165, 1.54) is 61.5 Å². The normalized spacial score (nSPS) is 12.1. The molecule has 5 amide bonds. The lowest BCUT2D eigenvalue weighted by Crippen LogP contribution is -2.49. The number of unbranched alkanes of at least 4 members (excludes halogenated alkanes) is 3. The van der Waals surface area contributed by atoms with Gasteiger partial charge < -0.3 is 45.6 Å². The first-order valence-corrected chi connectivity index (χ1v) is 24.1. The number of ketones is 1. The van der Waals surface area contributed by atoms with Crippen molar-refractivity contribution in [1.29, 1.82) is 0 Å². The van der Waals surface area contributed by atoms with Gasteiger partial charge in [0.1, 0.15) is 28.7 Å². The number of amides is 5. The SMILES string of the molecule is CC(=O)NCCCCC(NCC(=O)CNC(=O)C(CC(C)C)NC(=O)CCCCCNC(=O)c1ccc(-c2c3ccc(=O)cc-3oc3cc(O)ccc23)c(C(=O)O)c1)C(=O)Nc1ccc2c(C)cc(=O)oc2c1. The number of carbonyl (C=O) groups is 7. The molecular formula is C54H60N6O13. The Labute approximate surface area is 419 Å². The Morgan fingerprint density at radius 2 is 1.41 bits per heavy atom. The van der Waals surface area contributed by atoms with Crippen molar-refractivity contribution in [3.8, 4) is 28.2 Å². The Hall–Kier alpha value is -8.19. The number of carboxylic acids is 1. The highest BCUT2D eigenvalue weighted by molar-refractivity contribution is 6.09. The zero-order chi connectivity index (χ0) is 52.8. The van der Waals surface area contributed by atoms with Crippen LogP contribution in [0.2, 0.25) is 0 Å². The van der Waals surface area contributed by atoms with Crippen LogP contribution in [0.25, 0.3) is 44.4 Å². The third-order valence-electron chi connectivity index (χ3n) is 12.0. The molecule has 2 atom stereocenters. The summed E-state index contributed by atoms with van der Waals surface area (Å²) in [6.07, 6.45) is 3.32. The molecule has 8 N–H and O–H groups in total. The van der Waals surface area contributed by atoms with Gasteiger partial charge in [-0.3, -0.25) is 38.9 Å². The van der Waals surface area contributed by atoms with Crippen LogP contribution in [0.5, 0.6) is 5.75 Å². The fourth-order valence-electron chi connectivity index (χ4n) is 8.39. The van der Waals surface area contributed by atoms with E-state index in [0.29, 0.717) is 84.7 Å². The number of hydrogen-bond donors (Lipinski definition) is 8. The molecule has 384 valence electrons. The van der Waals surface area contributed by atoms with Gasteiger partial charge in [0.15, 0.2) is 11.2 Å². The number of rotatable bonds is 25. The Kier molecular flexibility index (Phi) is 18.7. The first-order chi connectivity index (χ1) is 34.9. The van der Waals surface area contributed by atoms with E-state index in [9.17, 15) is 53.4 Å². The van der Waals surface area contributed by atoms with Crippen molar-refractivity contribution in [2.75, 3.05) is 31.5 Å². The number of fused-ring (bicyclic) bond motifs is 3. The fourth-order valence-corrected chi connectivity index (χ4v) is 8.39. The Morgan fingerprint density at radius 1 is 0.685 bits per heavy atom. The molecule has 0 saturated carbocycles. The van der Waals surface area contributed by atoms with Crippen LogP contribution in [-0.4, -0.2) is 89.8 Å². The maximum absolute atomic E-state index is 13.5. The third-order valence-corrected chi connectivity index (χ3v) is 12.0. The number of benzene rings is 4. The number of hydrogen-bond acceptors (Lipinski definition) is 13. The van der Waals surface area contributed by atoms with Crippen molar-refractivity contribution in [2.24, 2.45) is 5.92 Å². The van der Waals surface area contributed by atoms with Crippen LogP contribution in [0.4, 0.5) is 5.69 Å². The lowest BCUT2D eigenvalue weighted by molar-refractivity contribution is -0.130. The van der Waals surface area contributed by atoms with E-state index in [0.717, 1.165) is 5.56 Å². The van der Waals surface area contributed by atoms with Gasteiger partial charge in [-0.15, -0.1) is 0 Å². The van der Waals surface area contributed by atoms with Crippen molar-refractivity contribution < 1.29 is 52.6 Å². The number of aryl methyl sites for hydroxylation is 1. The molecule has 2 aliphatic rings. The lowest BCUT2D eigenvalue weighted by Gasteiger charge is -2.21. The van der Waals surface area contributed by atoms with Gasteiger partial charge in [-0.05, 0) is 111 Å². The number of phenols is 1. The highest BCUT2D eigenvalue weighted by atomic mass is 16.4. The minimum atomic E-state index is -1.29. The highest BCUT2D eigenvalue weighted by Crippen LogP contribution is 2.42. The maximum atomic E-state index is 13.5. The average molecular weight is 1000 g/mol. The van der Waals surface area contributed by atoms with Gasteiger partial charge in [0.05, 0.1) is 24.7 Å². The molecule has 0 radical (unpaired) electrons. The molecule has 1 aliphatic heterocycles. The van der Waals surface area contributed by atoms with Crippen LogP contribution in [0, 0.1) is 12.8 Å². The van der Waals surface area contributed by atoms with E-state index >= 15 is 0 Å². The Morgan fingerprint density at radius 3 is 2.16 bits per heavy atom. The number of carboxylic acid groups (broad SMARTS) is 1. The van der Waals surface area contributed by atoms with Crippen LogP contribution >= 0.6 is 0 Å². The van der Waals surface area contributed by atoms with Crippen LogP contribution in [0.1, 0.15) is 98.4 Å². The van der Waals surface area contributed by atoms with E-state index in [1.54, 1.807) is 31.2 Å². The molecule has 2 heterocycles. The molecule has 0 saturated heterocycles. The molecule has 73 heavy (non-hydrogen) atoms. The summed E-state index contributed by atoms with van der Waals surface area (Å²) in [5.41, 5.74) is 1.93. The van der Waals surface area contributed by atoms with Crippen LogP contribution in [0.3, 0.4) is 0 Å². The predicted octanol–water partition coefficient (Wildman–Crippen LogP) is 5.79. The number of aromatic carboxylic acids is 1.